The molecule has 0 fully saturated rings. The van der Waals surface area contributed by atoms with E-state index in [9.17, 15) is 13.2 Å². The average Bonchev–Trinajstić information content (AvgIpc) is 3.14. The molecule has 0 aliphatic rings. The summed E-state index contributed by atoms with van der Waals surface area (Å²) >= 11 is 8.85. The van der Waals surface area contributed by atoms with E-state index in [2.05, 4.69) is 15.5 Å². The van der Waals surface area contributed by atoms with Crippen LogP contribution in [0.25, 0.3) is 0 Å². The zero-order chi connectivity index (χ0) is 21.0. The van der Waals surface area contributed by atoms with Crippen LogP contribution in [0.1, 0.15) is 5.56 Å². The molecule has 0 atom stereocenters. The molecule has 0 saturated heterocycles. The first kappa shape index (κ1) is 21.6. The lowest BCUT2D eigenvalue weighted by molar-refractivity contribution is -0.114. The number of aromatic nitrogens is 2. The van der Waals surface area contributed by atoms with Crippen molar-refractivity contribution in [2.24, 2.45) is 0 Å². The molecule has 0 aliphatic heterocycles. The Morgan fingerprint density at radius 2 is 1.86 bits per heavy atom. The number of rotatable bonds is 7. The molecule has 1 amide bonds. The number of benzene rings is 2. The van der Waals surface area contributed by atoms with Gasteiger partial charge in [-0.1, -0.05) is 64.5 Å². The lowest BCUT2D eigenvalue weighted by Crippen LogP contribution is -2.38. The highest BCUT2D eigenvalue weighted by Gasteiger charge is 2.29. The molecule has 0 bridgehead atoms. The number of aryl methyl sites for hydroxylation is 1. The number of thioether (sulfide) groups is 1. The lowest BCUT2D eigenvalue weighted by Gasteiger charge is -2.24. The molecule has 0 aliphatic carbocycles. The van der Waals surface area contributed by atoms with Crippen LogP contribution in [0, 0.1) is 6.92 Å². The molecule has 1 aromatic heterocycles. The number of carbonyl (C=O) groups is 1. The summed E-state index contributed by atoms with van der Waals surface area (Å²) < 4.78 is 28.3. The predicted octanol–water partition coefficient (Wildman–Crippen LogP) is 4.06. The first-order chi connectivity index (χ1) is 13.8. The van der Waals surface area contributed by atoms with Crippen molar-refractivity contribution in [3.8, 4) is 0 Å². The molecular weight excluding hydrogens is 452 g/mol. The van der Waals surface area contributed by atoms with E-state index >= 15 is 0 Å². The summed E-state index contributed by atoms with van der Waals surface area (Å²) in [6, 6.07) is 12.9. The number of sulfonamides is 1. The Labute approximate surface area is 182 Å². The van der Waals surface area contributed by atoms with Crippen molar-refractivity contribution in [3.05, 3.63) is 59.1 Å². The summed E-state index contributed by atoms with van der Waals surface area (Å²) in [4.78, 5) is 12.7. The number of para-hydroxylation sites is 1. The summed E-state index contributed by atoms with van der Waals surface area (Å²) in [5.41, 5.74) is 1.14. The van der Waals surface area contributed by atoms with Crippen LogP contribution < -0.4 is 9.62 Å². The second-order valence-corrected chi connectivity index (χ2v) is 10.2. The van der Waals surface area contributed by atoms with Crippen LogP contribution in [0.5, 0.6) is 0 Å². The van der Waals surface area contributed by atoms with Gasteiger partial charge in [0.1, 0.15) is 6.54 Å². The molecule has 0 unspecified atom stereocenters. The van der Waals surface area contributed by atoms with E-state index in [-0.39, 0.29) is 15.6 Å². The smallest absolute Gasteiger partial charge is 0.264 e. The first-order valence-corrected chi connectivity index (χ1v) is 12.2. The number of nitrogens with zero attached hydrogens (tertiary/aromatic N) is 3. The molecule has 3 rings (SSSR count). The van der Waals surface area contributed by atoms with Crippen molar-refractivity contribution in [2.75, 3.05) is 22.4 Å². The molecule has 0 saturated carbocycles. The number of amides is 1. The Bertz CT molecular complexity index is 1120. The van der Waals surface area contributed by atoms with Gasteiger partial charge in [-0.25, -0.2) is 8.42 Å². The third kappa shape index (κ3) is 5.08. The Balaban J connectivity index is 1.94. The van der Waals surface area contributed by atoms with Crippen molar-refractivity contribution < 1.29 is 13.2 Å². The van der Waals surface area contributed by atoms with E-state index in [4.69, 9.17) is 11.6 Å². The van der Waals surface area contributed by atoms with E-state index in [1.807, 2.05) is 13.2 Å². The van der Waals surface area contributed by atoms with E-state index in [0.717, 1.165) is 9.87 Å². The van der Waals surface area contributed by atoms with Crippen molar-refractivity contribution in [1.29, 1.82) is 0 Å². The van der Waals surface area contributed by atoms with E-state index in [0.29, 0.717) is 9.47 Å². The molecule has 0 spiro atoms. The van der Waals surface area contributed by atoms with Gasteiger partial charge < -0.3 is 0 Å². The maximum atomic E-state index is 13.3. The minimum Gasteiger partial charge on any atom is -0.299 e. The van der Waals surface area contributed by atoms with Gasteiger partial charge in [0, 0.05) is 0 Å². The second-order valence-electron chi connectivity index (χ2n) is 5.90. The van der Waals surface area contributed by atoms with Crippen LogP contribution in [-0.2, 0) is 14.8 Å². The van der Waals surface area contributed by atoms with Crippen LogP contribution in [0.2, 0.25) is 5.02 Å². The monoisotopic (exact) mass is 468 g/mol. The Morgan fingerprint density at radius 3 is 2.48 bits per heavy atom. The highest BCUT2D eigenvalue weighted by molar-refractivity contribution is 8.00. The standard InChI is InChI=1S/C18H17ClN4O3S3/c1-12-7-9-13(10-8-12)29(25,26)23(15-6-4-3-5-14(15)19)11-16(24)20-17-21-22-18(27-2)28-17/h3-10H,11H2,1-2H3,(H,20,21,24). The number of halogens is 1. The first-order valence-electron chi connectivity index (χ1n) is 8.32. The SMILES string of the molecule is CSc1nnc(NC(=O)CN(c2ccccc2Cl)S(=O)(=O)c2ccc(C)cc2)s1. The Morgan fingerprint density at radius 1 is 1.17 bits per heavy atom. The zero-order valence-electron chi connectivity index (χ0n) is 15.5. The van der Waals surface area contributed by atoms with Crippen molar-refractivity contribution in [2.45, 2.75) is 16.2 Å². The third-order valence-corrected chi connectivity index (χ3v) is 7.75. The molecule has 1 N–H and O–H groups in total. The zero-order valence-corrected chi connectivity index (χ0v) is 18.7. The maximum absolute atomic E-state index is 13.3. The fraction of sp³-hybridized carbons (Fsp3) is 0.167. The molecule has 3 aromatic rings. The van der Waals surface area contributed by atoms with E-state index in [1.165, 1.54) is 35.2 Å². The van der Waals surface area contributed by atoms with Gasteiger partial charge in [-0.2, -0.15) is 0 Å². The van der Waals surface area contributed by atoms with Crippen LogP contribution in [0.15, 0.2) is 57.8 Å². The minimum absolute atomic E-state index is 0.0661. The van der Waals surface area contributed by atoms with E-state index < -0.39 is 22.5 Å². The van der Waals surface area contributed by atoms with Crippen LogP contribution >= 0.6 is 34.7 Å². The predicted molar refractivity (Wildman–Crippen MR) is 117 cm³/mol. The highest BCUT2D eigenvalue weighted by Crippen LogP contribution is 2.30. The van der Waals surface area contributed by atoms with Crippen molar-refractivity contribution in [3.63, 3.8) is 0 Å². The quantitative estimate of drug-likeness (QED) is 0.415. The van der Waals surface area contributed by atoms with Gasteiger partial charge in [-0.05, 0) is 37.4 Å². The van der Waals surface area contributed by atoms with Crippen molar-refractivity contribution in [1.82, 2.24) is 10.2 Å². The third-order valence-electron chi connectivity index (χ3n) is 3.84. The molecule has 11 heteroatoms. The van der Waals surface area contributed by atoms with Crippen LogP contribution in [-0.4, -0.2) is 37.3 Å². The molecule has 7 nitrogen and oxygen atoms in total. The van der Waals surface area contributed by atoms with Crippen molar-refractivity contribution >= 4 is 61.4 Å². The molecule has 0 radical (unpaired) electrons. The number of nitrogens with one attached hydrogen (secondary N) is 1. The van der Waals surface area contributed by atoms with E-state index in [1.54, 1.807) is 36.4 Å². The summed E-state index contributed by atoms with van der Waals surface area (Å²) in [6.07, 6.45) is 1.85. The largest absolute Gasteiger partial charge is 0.299 e. The van der Waals surface area contributed by atoms with Gasteiger partial charge in [0.15, 0.2) is 4.34 Å². The molecular formula is C18H17ClN4O3S3. The Kier molecular flexibility index (Phi) is 6.78. The minimum atomic E-state index is -4.03. The fourth-order valence-corrected chi connectivity index (χ4v) is 5.34. The fourth-order valence-electron chi connectivity index (χ4n) is 2.42. The summed E-state index contributed by atoms with van der Waals surface area (Å²) in [6.45, 7) is 1.40. The Hall–Kier alpha value is -2.14. The average molecular weight is 469 g/mol. The number of carbonyl (C=O) groups excluding carboxylic acids is 1. The van der Waals surface area contributed by atoms with Crippen LogP contribution in [0.3, 0.4) is 0 Å². The van der Waals surface area contributed by atoms with Gasteiger partial charge in [0.2, 0.25) is 11.0 Å². The van der Waals surface area contributed by atoms with Gasteiger partial charge in [0.25, 0.3) is 10.0 Å². The van der Waals surface area contributed by atoms with Gasteiger partial charge in [0.05, 0.1) is 15.6 Å². The molecule has 2 aromatic carbocycles. The maximum Gasteiger partial charge on any atom is 0.264 e. The lowest BCUT2D eigenvalue weighted by atomic mass is 10.2. The number of anilines is 2. The van der Waals surface area contributed by atoms with Gasteiger partial charge in [-0.3, -0.25) is 14.4 Å². The number of hydrogen-bond donors (Lipinski definition) is 1. The summed E-state index contributed by atoms with van der Waals surface area (Å²) in [7, 11) is -4.03. The highest BCUT2D eigenvalue weighted by atomic mass is 35.5. The molecule has 29 heavy (non-hydrogen) atoms. The summed E-state index contributed by atoms with van der Waals surface area (Å²) in [5.74, 6) is -0.551. The van der Waals surface area contributed by atoms with Gasteiger partial charge in [-0.15, -0.1) is 10.2 Å². The second kappa shape index (κ2) is 9.12. The molecule has 152 valence electrons. The normalized spacial score (nSPS) is 11.3. The summed E-state index contributed by atoms with van der Waals surface area (Å²) in [5, 5.41) is 10.9. The number of hydrogen-bond acceptors (Lipinski definition) is 7. The topological polar surface area (TPSA) is 92.3 Å². The van der Waals surface area contributed by atoms with Crippen LogP contribution in [0.4, 0.5) is 10.8 Å². The molecule has 1 heterocycles. The van der Waals surface area contributed by atoms with Gasteiger partial charge >= 0.3 is 0 Å².